The fourth-order valence-corrected chi connectivity index (χ4v) is 3.12. The van der Waals surface area contributed by atoms with Crippen LogP contribution in [0.5, 0.6) is 0 Å². The Morgan fingerprint density at radius 1 is 1.10 bits per heavy atom. The lowest BCUT2D eigenvalue weighted by molar-refractivity contribution is 0.0505. The summed E-state index contributed by atoms with van der Waals surface area (Å²) in [5.41, 5.74) is 1.81. The third-order valence-corrected chi connectivity index (χ3v) is 4.86. The van der Waals surface area contributed by atoms with Crippen LogP contribution in [0.3, 0.4) is 0 Å². The second-order valence-corrected chi connectivity index (χ2v) is 6.05. The van der Waals surface area contributed by atoms with Gasteiger partial charge in [-0.25, -0.2) is 0 Å². The number of carbonyl (C=O) groups is 1. The van der Waals surface area contributed by atoms with Crippen LogP contribution in [0.2, 0.25) is 0 Å². The van der Waals surface area contributed by atoms with Gasteiger partial charge in [0.2, 0.25) is 0 Å². The maximum atomic E-state index is 13.0. The highest BCUT2D eigenvalue weighted by Gasteiger charge is 2.38. The van der Waals surface area contributed by atoms with Gasteiger partial charge in [-0.2, -0.15) is 0 Å². The number of carbonyl (C=O) groups excluding carboxylic acids is 1. The lowest BCUT2D eigenvalue weighted by Crippen LogP contribution is -2.53. The quantitative estimate of drug-likeness (QED) is 0.753. The minimum atomic E-state index is -0.339. The number of hydrogen-bond donors (Lipinski definition) is 0. The molecule has 1 heterocycles. The first-order valence-electron chi connectivity index (χ1n) is 8.00. The number of rotatable bonds is 5. The molecule has 0 aliphatic carbocycles. The normalized spacial score (nSPS) is 19.6. The molecule has 20 heavy (non-hydrogen) atoms. The highest BCUT2D eigenvalue weighted by molar-refractivity contribution is 6.03. The molecule has 0 saturated carbocycles. The van der Waals surface area contributed by atoms with E-state index < -0.39 is 0 Å². The average molecular weight is 273 g/mol. The zero-order valence-electron chi connectivity index (χ0n) is 13.1. The van der Waals surface area contributed by atoms with Gasteiger partial charge in [0.05, 0.1) is 5.54 Å². The van der Waals surface area contributed by atoms with E-state index in [0.29, 0.717) is 0 Å². The van der Waals surface area contributed by atoms with Crippen LogP contribution in [0.25, 0.3) is 0 Å². The molecule has 2 nitrogen and oxygen atoms in total. The summed E-state index contributed by atoms with van der Waals surface area (Å²) in [7, 11) is 0. The van der Waals surface area contributed by atoms with Crippen molar-refractivity contribution in [2.75, 3.05) is 13.1 Å². The van der Waals surface area contributed by atoms with Gasteiger partial charge in [-0.05, 0) is 51.3 Å². The van der Waals surface area contributed by atoms with Crippen molar-refractivity contribution in [2.24, 2.45) is 0 Å². The summed E-state index contributed by atoms with van der Waals surface area (Å²) < 4.78 is 0. The summed E-state index contributed by atoms with van der Waals surface area (Å²) in [5.74, 6) is 0.282. The molecule has 0 aromatic heterocycles. The van der Waals surface area contributed by atoms with Gasteiger partial charge < -0.3 is 0 Å². The molecule has 0 amide bonds. The van der Waals surface area contributed by atoms with Gasteiger partial charge in [0, 0.05) is 5.56 Å². The Kier molecular flexibility index (Phi) is 4.98. The van der Waals surface area contributed by atoms with Crippen LogP contribution in [0.1, 0.15) is 62.4 Å². The zero-order valence-corrected chi connectivity index (χ0v) is 13.1. The van der Waals surface area contributed by atoms with E-state index in [1.807, 2.05) is 12.1 Å². The van der Waals surface area contributed by atoms with Crippen LogP contribution in [0, 0.1) is 0 Å². The third-order valence-electron chi connectivity index (χ3n) is 4.86. The Hall–Kier alpha value is -1.15. The predicted octanol–water partition coefficient (Wildman–Crippen LogP) is 4.09. The number of benzene rings is 1. The van der Waals surface area contributed by atoms with Crippen molar-refractivity contribution in [3.8, 4) is 0 Å². The summed E-state index contributed by atoms with van der Waals surface area (Å²) >= 11 is 0. The fraction of sp³-hybridized carbons (Fsp3) is 0.611. The van der Waals surface area contributed by atoms with Gasteiger partial charge in [0.25, 0.3) is 0 Å². The molecule has 0 radical (unpaired) electrons. The second kappa shape index (κ2) is 6.53. The molecular weight excluding hydrogens is 246 g/mol. The Morgan fingerprint density at radius 3 is 2.20 bits per heavy atom. The molecule has 0 bridgehead atoms. The molecule has 1 saturated heterocycles. The molecule has 1 aromatic carbocycles. The summed E-state index contributed by atoms with van der Waals surface area (Å²) in [6.45, 7) is 8.51. The molecule has 1 aliphatic rings. The van der Waals surface area contributed by atoms with Crippen molar-refractivity contribution in [3.05, 3.63) is 35.4 Å². The molecule has 1 aliphatic heterocycles. The van der Waals surface area contributed by atoms with E-state index in [4.69, 9.17) is 0 Å². The van der Waals surface area contributed by atoms with Crippen LogP contribution in [-0.2, 0) is 6.42 Å². The highest BCUT2D eigenvalue weighted by Crippen LogP contribution is 2.28. The first-order valence-corrected chi connectivity index (χ1v) is 8.00. The van der Waals surface area contributed by atoms with Gasteiger partial charge in [-0.1, -0.05) is 44.5 Å². The Balaban J connectivity index is 2.22. The molecule has 2 rings (SSSR count). The number of ketones is 1. The monoisotopic (exact) mass is 273 g/mol. The summed E-state index contributed by atoms with van der Waals surface area (Å²) in [6.07, 6.45) is 5.64. The van der Waals surface area contributed by atoms with E-state index in [9.17, 15) is 4.79 Å². The first kappa shape index (κ1) is 15.2. The van der Waals surface area contributed by atoms with Gasteiger partial charge >= 0.3 is 0 Å². The van der Waals surface area contributed by atoms with Crippen LogP contribution in [0.4, 0.5) is 0 Å². The van der Waals surface area contributed by atoms with Crippen molar-refractivity contribution >= 4 is 5.78 Å². The number of piperidine rings is 1. The van der Waals surface area contributed by atoms with Crippen LogP contribution in [0.15, 0.2) is 24.3 Å². The zero-order chi connectivity index (χ0) is 14.6. The number of likely N-dealkylation sites (tertiary alicyclic amines) is 1. The van der Waals surface area contributed by atoms with E-state index in [1.165, 1.54) is 24.8 Å². The van der Waals surface area contributed by atoms with E-state index in [0.717, 1.165) is 31.5 Å². The Bertz CT molecular complexity index is 445. The second-order valence-electron chi connectivity index (χ2n) is 6.05. The first-order chi connectivity index (χ1) is 9.61. The third kappa shape index (κ3) is 2.95. The Labute approximate surface area is 123 Å². The van der Waals surface area contributed by atoms with Crippen molar-refractivity contribution in [3.63, 3.8) is 0 Å². The SMILES string of the molecule is CCc1ccc(C(=O)C(C)(CC)N2CCCCC2)cc1. The maximum Gasteiger partial charge on any atom is 0.182 e. The van der Waals surface area contributed by atoms with Gasteiger partial charge in [-0.3, -0.25) is 9.69 Å². The molecule has 1 unspecified atom stereocenters. The number of aryl methyl sites for hydroxylation is 1. The van der Waals surface area contributed by atoms with Crippen molar-refractivity contribution in [1.29, 1.82) is 0 Å². The largest absolute Gasteiger partial charge is 0.292 e. The fourth-order valence-electron chi connectivity index (χ4n) is 3.12. The van der Waals surface area contributed by atoms with Crippen LogP contribution >= 0.6 is 0 Å². The number of hydrogen-bond acceptors (Lipinski definition) is 2. The summed E-state index contributed by atoms with van der Waals surface area (Å²) in [6, 6.07) is 8.16. The van der Waals surface area contributed by atoms with E-state index in [2.05, 4.69) is 37.8 Å². The molecule has 0 spiro atoms. The van der Waals surface area contributed by atoms with E-state index in [-0.39, 0.29) is 11.3 Å². The highest BCUT2D eigenvalue weighted by atomic mass is 16.1. The number of nitrogens with zero attached hydrogens (tertiary/aromatic N) is 1. The van der Waals surface area contributed by atoms with E-state index >= 15 is 0 Å². The minimum absolute atomic E-state index is 0.282. The number of Topliss-reactive ketones (excluding diaryl/α,β-unsaturated/α-hetero) is 1. The van der Waals surface area contributed by atoms with Crippen molar-refractivity contribution < 1.29 is 4.79 Å². The standard InChI is InChI=1S/C18H27NO/c1-4-15-9-11-16(12-10-15)17(20)18(3,5-2)19-13-7-6-8-14-19/h9-12H,4-8,13-14H2,1-3H3. The van der Waals surface area contributed by atoms with E-state index in [1.54, 1.807) is 0 Å². The lowest BCUT2D eigenvalue weighted by Gasteiger charge is -2.41. The Morgan fingerprint density at radius 2 is 1.70 bits per heavy atom. The molecule has 2 heteroatoms. The van der Waals surface area contributed by atoms with Gasteiger partial charge in [-0.15, -0.1) is 0 Å². The van der Waals surface area contributed by atoms with Crippen LogP contribution in [-0.4, -0.2) is 29.3 Å². The smallest absolute Gasteiger partial charge is 0.182 e. The van der Waals surface area contributed by atoms with Crippen molar-refractivity contribution in [1.82, 2.24) is 4.90 Å². The molecule has 1 aromatic rings. The maximum absolute atomic E-state index is 13.0. The molecule has 110 valence electrons. The topological polar surface area (TPSA) is 20.3 Å². The molecule has 1 atom stereocenters. The minimum Gasteiger partial charge on any atom is -0.292 e. The molecular formula is C18H27NO. The predicted molar refractivity (Wildman–Crippen MR) is 84.3 cm³/mol. The van der Waals surface area contributed by atoms with Crippen molar-refractivity contribution in [2.45, 2.75) is 58.4 Å². The average Bonchev–Trinajstić information content (AvgIpc) is 2.54. The van der Waals surface area contributed by atoms with Crippen LogP contribution < -0.4 is 0 Å². The van der Waals surface area contributed by atoms with Gasteiger partial charge in [0.1, 0.15) is 0 Å². The molecule has 0 N–H and O–H groups in total. The summed E-state index contributed by atoms with van der Waals surface area (Å²) in [4.78, 5) is 15.4. The summed E-state index contributed by atoms with van der Waals surface area (Å²) in [5, 5.41) is 0. The lowest BCUT2D eigenvalue weighted by atomic mass is 9.85. The molecule has 1 fully saturated rings. The van der Waals surface area contributed by atoms with Gasteiger partial charge in [0.15, 0.2) is 5.78 Å².